The summed E-state index contributed by atoms with van der Waals surface area (Å²) >= 11 is 2.81. The van der Waals surface area contributed by atoms with Gasteiger partial charge in [-0.1, -0.05) is 0 Å². The number of aliphatic carboxylic acids is 1. The maximum absolute atomic E-state index is 10.8. The van der Waals surface area contributed by atoms with Crippen LogP contribution in [-0.2, 0) is 18.3 Å². The number of aryl methyl sites for hydroxylation is 2. The van der Waals surface area contributed by atoms with Crippen LogP contribution in [0.15, 0.2) is 28.0 Å². The number of carboxylic acid groups (broad SMARTS) is 1. The Morgan fingerprint density at radius 2 is 2.29 bits per heavy atom. The van der Waals surface area contributed by atoms with Crippen molar-refractivity contribution >= 4 is 40.1 Å². The van der Waals surface area contributed by atoms with E-state index in [1.165, 1.54) is 23.1 Å². The second kappa shape index (κ2) is 5.45. The number of rotatable bonds is 4. The summed E-state index contributed by atoms with van der Waals surface area (Å²) in [5.74, 6) is -0.844. The highest BCUT2D eigenvalue weighted by Crippen LogP contribution is 2.34. The quantitative estimate of drug-likeness (QED) is 0.795. The Balaban J connectivity index is 1.94. The average molecular weight is 320 g/mol. The van der Waals surface area contributed by atoms with Crippen LogP contribution < -0.4 is 0 Å². The summed E-state index contributed by atoms with van der Waals surface area (Å²) < 4.78 is 2.72. The van der Waals surface area contributed by atoms with Crippen molar-refractivity contribution in [1.29, 1.82) is 0 Å². The summed E-state index contributed by atoms with van der Waals surface area (Å²) in [6.07, 6.45) is 3.50. The van der Waals surface area contributed by atoms with Gasteiger partial charge < -0.3 is 9.67 Å². The summed E-state index contributed by atoms with van der Waals surface area (Å²) in [4.78, 5) is 24.7. The predicted molar refractivity (Wildman–Crippen MR) is 80.8 cm³/mol. The van der Waals surface area contributed by atoms with Crippen molar-refractivity contribution in [3.8, 4) is 0 Å². The lowest BCUT2D eigenvalue weighted by atomic mass is 10.3. The van der Waals surface area contributed by atoms with Crippen molar-refractivity contribution in [2.75, 3.05) is 0 Å². The Hall–Kier alpha value is -1.93. The van der Waals surface area contributed by atoms with Crippen LogP contribution in [0.2, 0.25) is 0 Å². The summed E-state index contributed by atoms with van der Waals surface area (Å²) in [5, 5.41) is 9.66. The number of thiazole rings is 1. The third kappa shape index (κ3) is 2.77. The number of fused-ring (bicyclic) bond motifs is 1. The average Bonchev–Trinajstić information content (AvgIpc) is 2.95. The Morgan fingerprint density at radius 1 is 1.48 bits per heavy atom. The number of carbonyl (C=O) groups is 1. The van der Waals surface area contributed by atoms with Gasteiger partial charge in [0, 0.05) is 18.1 Å². The maximum atomic E-state index is 10.8. The molecule has 0 saturated heterocycles. The van der Waals surface area contributed by atoms with Crippen molar-refractivity contribution in [3.05, 3.63) is 29.2 Å². The SMILES string of the molecule is Cc1nc(Sc2nccc3c2ncn3C)sc1CC(=O)O. The van der Waals surface area contributed by atoms with Crippen molar-refractivity contribution in [3.63, 3.8) is 0 Å². The van der Waals surface area contributed by atoms with Crippen LogP contribution in [-0.4, -0.2) is 30.6 Å². The van der Waals surface area contributed by atoms with E-state index in [9.17, 15) is 4.79 Å². The lowest BCUT2D eigenvalue weighted by Crippen LogP contribution is -1.99. The fraction of sp³-hybridized carbons (Fsp3) is 0.231. The van der Waals surface area contributed by atoms with Gasteiger partial charge in [0.05, 0.1) is 24.0 Å². The zero-order chi connectivity index (χ0) is 15.0. The van der Waals surface area contributed by atoms with Gasteiger partial charge in [0.15, 0.2) is 4.34 Å². The Labute approximate surface area is 128 Å². The number of pyridine rings is 1. The molecule has 0 aliphatic heterocycles. The minimum absolute atomic E-state index is 0.00523. The van der Waals surface area contributed by atoms with E-state index >= 15 is 0 Å². The molecule has 0 aliphatic rings. The van der Waals surface area contributed by atoms with Crippen LogP contribution >= 0.6 is 23.1 Å². The first kappa shape index (κ1) is 14.0. The molecule has 0 saturated carbocycles. The maximum Gasteiger partial charge on any atom is 0.308 e. The third-order valence-electron chi connectivity index (χ3n) is 2.98. The van der Waals surface area contributed by atoms with E-state index in [0.717, 1.165) is 31.0 Å². The third-order valence-corrected chi connectivity index (χ3v) is 5.19. The van der Waals surface area contributed by atoms with E-state index in [0.29, 0.717) is 0 Å². The second-order valence-corrected chi connectivity index (χ2v) is 6.82. The van der Waals surface area contributed by atoms with E-state index in [2.05, 4.69) is 15.0 Å². The number of carboxylic acids is 1. The first-order chi connectivity index (χ1) is 10.0. The van der Waals surface area contributed by atoms with Gasteiger partial charge in [-0.15, -0.1) is 11.3 Å². The largest absolute Gasteiger partial charge is 0.481 e. The number of aromatic nitrogens is 4. The van der Waals surface area contributed by atoms with E-state index in [4.69, 9.17) is 5.11 Å². The van der Waals surface area contributed by atoms with E-state index in [1.807, 2.05) is 24.6 Å². The second-order valence-electron chi connectivity index (χ2n) is 4.50. The monoisotopic (exact) mass is 320 g/mol. The van der Waals surface area contributed by atoms with E-state index in [-0.39, 0.29) is 6.42 Å². The summed E-state index contributed by atoms with van der Waals surface area (Å²) in [6, 6.07) is 1.91. The molecule has 0 radical (unpaired) electrons. The smallest absolute Gasteiger partial charge is 0.308 e. The standard InChI is InChI=1S/C13H12N4O2S2/c1-7-9(5-10(18)19)20-13(16-7)21-12-11-8(3-4-14-12)17(2)6-15-11/h3-4,6H,5H2,1-2H3,(H,18,19). The minimum atomic E-state index is -0.844. The lowest BCUT2D eigenvalue weighted by molar-refractivity contribution is -0.136. The van der Waals surface area contributed by atoms with Gasteiger partial charge >= 0.3 is 5.97 Å². The predicted octanol–water partition coefficient (Wildman–Crippen LogP) is 2.51. The lowest BCUT2D eigenvalue weighted by Gasteiger charge is -1.99. The molecule has 0 amide bonds. The van der Waals surface area contributed by atoms with Crippen LogP contribution in [0.25, 0.3) is 11.0 Å². The Kier molecular flexibility index (Phi) is 3.64. The number of imidazole rings is 1. The molecule has 1 N–H and O–H groups in total. The minimum Gasteiger partial charge on any atom is -0.481 e. The molecule has 6 nitrogen and oxygen atoms in total. The van der Waals surface area contributed by atoms with Gasteiger partial charge in [-0.3, -0.25) is 4.79 Å². The fourth-order valence-corrected chi connectivity index (χ4v) is 4.14. The molecular weight excluding hydrogens is 308 g/mol. The van der Waals surface area contributed by atoms with Gasteiger partial charge in [-0.25, -0.2) is 15.0 Å². The van der Waals surface area contributed by atoms with Gasteiger partial charge in [-0.05, 0) is 24.8 Å². The Bertz CT molecular complexity index is 825. The molecule has 0 aromatic carbocycles. The topological polar surface area (TPSA) is 80.9 Å². The van der Waals surface area contributed by atoms with Crippen LogP contribution in [0, 0.1) is 6.92 Å². The molecule has 0 atom stereocenters. The molecule has 21 heavy (non-hydrogen) atoms. The first-order valence-corrected chi connectivity index (χ1v) is 7.80. The van der Waals surface area contributed by atoms with Crippen molar-refractivity contribution < 1.29 is 9.90 Å². The van der Waals surface area contributed by atoms with Crippen molar-refractivity contribution in [2.45, 2.75) is 22.7 Å². The van der Waals surface area contributed by atoms with Crippen LogP contribution in [0.4, 0.5) is 0 Å². The van der Waals surface area contributed by atoms with E-state index < -0.39 is 5.97 Å². The van der Waals surface area contributed by atoms with Crippen molar-refractivity contribution in [2.24, 2.45) is 7.05 Å². The Morgan fingerprint density at radius 3 is 3.05 bits per heavy atom. The van der Waals surface area contributed by atoms with Crippen LogP contribution in [0.3, 0.4) is 0 Å². The van der Waals surface area contributed by atoms with Gasteiger partial charge in [0.1, 0.15) is 10.5 Å². The molecule has 8 heteroatoms. The molecule has 3 aromatic heterocycles. The highest BCUT2D eigenvalue weighted by Gasteiger charge is 2.14. The zero-order valence-corrected chi connectivity index (χ0v) is 13.0. The molecule has 0 bridgehead atoms. The molecular formula is C13H12N4O2S2. The zero-order valence-electron chi connectivity index (χ0n) is 11.4. The van der Waals surface area contributed by atoms with Gasteiger partial charge in [0.2, 0.25) is 0 Å². The van der Waals surface area contributed by atoms with E-state index in [1.54, 1.807) is 12.5 Å². The van der Waals surface area contributed by atoms with Crippen molar-refractivity contribution in [1.82, 2.24) is 19.5 Å². The molecule has 0 unspecified atom stereocenters. The normalized spacial score (nSPS) is 11.1. The molecule has 3 heterocycles. The highest BCUT2D eigenvalue weighted by molar-refractivity contribution is 8.01. The number of hydrogen-bond donors (Lipinski definition) is 1. The van der Waals surface area contributed by atoms with Crippen LogP contribution in [0.1, 0.15) is 10.6 Å². The summed E-state index contributed by atoms with van der Waals surface area (Å²) in [7, 11) is 1.93. The number of hydrogen-bond acceptors (Lipinski definition) is 6. The molecule has 3 aromatic rings. The molecule has 0 aliphatic carbocycles. The summed E-state index contributed by atoms with van der Waals surface area (Å²) in [6.45, 7) is 1.83. The fourth-order valence-electron chi connectivity index (χ4n) is 1.94. The van der Waals surface area contributed by atoms with Gasteiger partial charge in [-0.2, -0.15) is 0 Å². The highest BCUT2D eigenvalue weighted by atomic mass is 32.2. The molecule has 0 spiro atoms. The molecule has 3 rings (SSSR count). The summed E-state index contributed by atoms with van der Waals surface area (Å²) in [5.41, 5.74) is 2.60. The number of nitrogens with zero attached hydrogens (tertiary/aromatic N) is 4. The van der Waals surface area contributed by atoms with Crippen LogP contribution in [0.5, 0.6) is 0 Å². The molecule has 0 fully saturated rings. The first-order valence-electron chi connectivity index (χ1n) is 6.16. The molecule has 108 valence electrons. The van der Waals surface area contributed by atoms with Gasteiger partial charge in [0.25, 0.3) is 0 Å².